The Morgan fingerprint density at radius 1 is 1.27 bits per heavy atom. The fraction of sp³-hybridized carbons (Fsp3) is 0.188. The summed E-state index contributed by atoms with van der Waals surface area (Å²) in [5.74, 6) is -0.183. The third-order valence-electron chi connectivity index (χ3n) is 2.90. The maximum atomic E-state index is 10.6. The zero-order valence-electron chi connectivity index (χ0n) is 11.7. The Morgan fingerprint density at radius 2 is 2.09 bits per heavy atom. The van der Waals surface area contributed by atoms with Crippen LogP contribution in [0, 0.1) is 0 Å². The molecule has 4 nitrogen and oxygen atoms in total. The molecule has 0 fully saturated rings. The van der Waals surface area contributed by atoms with Gasteiger partial charge in [0.25, 0.3) is 0 Å². The van der Waals surface area contributed by atoms with Crippen LogP contribution < -0.4 is 10.1 Å². The summed E-state index contributed by atoms with van der Waals surface area (Å²) in [4.78, 5) is 10.6. The van der Waals surface area contributed by atoms with Crippen LogP contribution in [0.3, 0.4) is 0 Å². The van der Waals surface area contributed by atoms with Gasteiger partial charge in [-0.15, -0.1) is 0 Å². The minimum absolute atomic E-state index is 0.0970. The van der Waals surface area contributed by atoms with Gasteiger partial charge in [0.05, 0.1) is 6.54 Å². The molecule has 0 saturated carbocycles. The molecule has 2 N–H and O–H groups in total. The highest BCUT2D eigenvalue weighted by Crippen LogP contribution is 2.24. The molecule has 0 aliphatic carbocycles. The van der Waals surface area contributed by atoms with Gasteiger partial charge in [0, 0.05) is 21.6 Å². The second kappa shape index (κ2) is 8.17. The van der Waals surface area contributed by atoms with Crippen LogP contribution in [0.4, 0.5) is 0 Å². The number of benzene rings is 2. The average Bonchev–Trinajstić information content (AvgIpc) is 2.46. The number of hydrogen-bond acceptors (Lipinski definition) is 3. The highest BCUT2D eigenvalue weighted by Gasteiger charge is 2.06. The van der Waals surface area contributed by atoms with Crippen molar-refractivity contribution in [3.63, 3.8) is 0 Å². The third kappa shape index (κ3) is 5.33. The van der Waals surface area contributed by atoms with Crippen molar-refractivity contribution in [2.45, 2.75) is 13.2 Å². The largest absolute Gasteiger partial charge is 0.489 e. The maximum Gasteiger partial charge on any atom is 0.317 e. The number of carbonyl (C=O) groups is 1. The first kappa shape index (κ1) is 16.8. The molecule has 0 unspecified atom stereocenters. The van der Waals surface area contributed by atoms with Crippen molar-refractivity contribution in [3.8, 4) is 5.75 Å². The minimum atomic E-state index is -0.892. The lowest BCUT2D eigenvalue weighted by Gasteiger charge is -2.12. The van der Waals surface area contributed by atoms with Gasteiger partial charge in [-0.1, -0.05) is 39.7 Å². The first-order chi connectivity index (χ1) is 10.5. The topological polar surface area (TPSA) is 58.6 Å². The van der Waals surface area contributed by atoms with Crippen LogP contribution in [0.15, 0.2) is 46.9 Å². The van der Waals surface area contributed by atoms with Crippen molar-refractivity contribution in [1.29, 1.82) is 0 Å². The van der Waals surface area contributed by atoms with Crippen molar-refractivity contribution >= 4 is 33.5 Å². The van der Waals surface area contributed by atoms with Crippen LogP contribution in [-0.4, -0.2) is 17.6 Å². The Hall–Kier alpha value is -1.56. The quantitative estimate of drug-likeness (QED) is 0.761. The van der Waals surface area contributed by atoms with Crippen LogP contribution in [0.5, 0.6) is 5.75 Å². The first-order valence-corrected chi connectivity index (χ1v) is 7.80. The van der Waals surface area contributed by atoms with Gasteiger partial charge in [0.1, 0.15) is 12.4 Å². The highest BCUT2D eigenvalue weighted by molar-refractivity contribution is 9.10. The van der Waals surface area contributed by atoms with E-state index in [1.54, 1.807) is 0 Å². The molecule has 0 aromatic heterocycles. The molecule has 2 aromatic carbocycles. The number of nitrogens with one attached hydrogen (secondary N) is 1. The monoisotopic (exact) mass is 383 g/mol. The van der Waals surface area contributed by atoms with E-state index in [1.807, 2.05) is 42.5 Å². The number of carboxylic acids is 1. The summed E-state index contributed by atoms with van der Waals surface area (Å²) < 4.78 is 6.74. The Balaban J connectivity index is 2.04. The molecule has 0 bridgehead atoms. The fourth-order valence-electron chi connectivity index (χ4n) is 1.92. The molecule has 2 aromatic rings. The Labute approximate surface area is 142 Å². The summed E-state index contributed by atoms with van der Waals surface area (Å²) in [6.45, 7) is 0.713. The molecule has 22 heavy (non-hydrogen) atoms. The highest BCUT2D eigenvalue weighted by atomic mass is 79.9. The van der Waals surface area contributed by atoms with Gasteiger partial charge in [-0.3, -0.25) is 4.79 Å². The second-order valence-corrected chi connectivity index (χ2v) is 6.02. The summed E-state index contributed by atoms with van der Waals surface area (Å²) in [5.41, 5.74) is 1.86. The maximum absolute atomic E-state index is 10.6. The standard InChI is InChI=1S/C16H15BrClNO3/c17-13-4-5-15(12(7-13)8-19-9-16(20)21)22-10-11-2-1-3-14(18)6-11/h1-7,19H,8-10H2,(H,20,21). The molecule has 0 aliphatic heterocycles. The van der Waals surface area contributed by atoms with Crippen molar-refractivity contribution in [2.24, 2.45) is 0 Å². The van der Waals surface area contributed by atoms with Gasteiger partial charge in [-0.2, -0.15) is 0 Å². The van der Waals surface area contributed by atoms with Crippen LogP contribution >= 0.6 is 27.5 Å². The molecule has 6 heteroatoms. The predicted octanol–water partition coefficient (Wildman–Crippen LogP) is 3.86. The van der Waals surface area contributed by atoms with Crippen molar-refractivity contribution in [3.05, 3.63) is 63.1 Å². The van der Waals surface area contributed by atoms with E-state index in [1.165, 1.54) is 0 Å². The lowest BCUT2D eigenvalue weighted by molar-refractivity contribution is -0.136. The van der Waals surface area contributed by atoms with Gasteiger partial charge >= 0.3 is 5.97 Å². The minimum Gasteiger partial charge on any atom is -0.489 e. The lowest BCUT2D eigenvalue weighted by Crippen LogP contribution is -2.22. The molecule has 0 radical (unpaired) electrons. The number of hydrogen-bond donors (Lipinski definition) is 2. The van der Waals surface area contributed by atoms with E-state index in [9.17, 15) is 4.79 Å². The number of halogens is 2. The molecular weight excluding hydrogens is 370 g/mol. The van der Waals surface area contributed by atoms with E-state index in [4.69, 9.17) is 21.4 Å². The summed E-state index contributed by atoms with van der Waals surface area (Å²) in [5, 5.41) is 12.2. The van der Waals surface area contributed by atoms with E-state index < -0.39 is 5.97 Å². The van der Waals surface area contributed by atoms with Crippen LogP contribution in [0.2, 0.25) is 5.02 Å². The molecule has 0 atom stereocenters. The van der Waals surface area contributed by atoms with Gasteiger partial charge in [0.2, 0.25) is 0 Å². The fourth-order valence-corrected chi connectivity index (χ4v) is 2.54. The van der Waals surface area contributed by atoms with Gasteiger partial charge in [0.15, 0.2) is 0 Å². The SMILES string of the molecule is O=C(O)CNCc1cc(Br)ccc1OCc1cccc(Cl)c1. The first-order valence-electron chi connectivity index (χ1n) is 6.63. The van der Waals surface area contributed by atoms with Gasteiger partial charge < -0.3 is 15.2 Å². The van der Waals surface area contributed by atoms with E-state index in [2.05, 4.69) is 21.2 Å². The summed E-state index contributed by atoms with van der Waals surface area (Å²) in [6, 6.07) is 13.1. The van der Waals surface area contributed by atoms with Crippen LogP contribution in [0.1, 0.15) is 11.1 Å². The zero-order chi connectivity index (χ0) is 15.9. The lowest BCUT2D eigenvalue weighted by atomic mass is 10.2. The van der Waals surface area contributed by atoms with Gasteiger partial charge in [-0.05, 0) is 35.9 Å². The Kier molecular flexibility index (Phi) is 6.24. The van der Waals surface area contributed by atoms with E-state index in [-0.39, 0.29) is 6.54 Å². The molecule has 116 valence electrons. The molecule has 2 rings (SSSR count). The number of carboxylic acid groups (broad SMARTS) is 1. The smallest absolute Gasteiger partial charge is 0.317 e. The third-order valence-corrected chi connectivity index (χ3v) is 3.63. The summed E-state index contributed by atoms with van der Waals surface area (Å²) >= 11 is 9.36. The number of rotatable bonds is 7. The molecular formula is C16H15BrClNO3. The van der Waals surface area contributed by atoms with Crippen LogP contribution in [-0.2, 0) is 17.9 Å². The normalized spacial score (nSPS) is 10.5. The van der Waals surface area contributed by atoms with E-state index in [0.29, 0.717) is 23.9 Å². The van der Waals surface area contributed by atoms with Crippen LogP contribution in [0.25, 0.3) is 0 Å². The molecule has 0 saturated heterocycles. The summed E-state index contributed by atoms with van der Waals surface area (Å²) in [6.07, 6.45) is 0. The molecule has 0 heterocycles. The molecule has 0 aliphatic rings. The van der Waals surface area contributed by atoms with Crippen molar-refractivity contribution in [1.82, 2.24) is 5.32 Å². The van der Waals surface area contributed by atoms with E-state index in [0.717, 1.165) is 15.6 Å². The van der Waals surface area contributed by atoms with Gasteiger partial charge in [-0.25, -0.2) is 0 Å². The Morgan fingerprint density at radius 3 is 2.82 bits per heavy atom. The number of ether oxygens (including phenoxy) is 1. The van der Waals surface area contributed by atoms with E-state index >= 15 is 0 Å². The molecule has 0 spiro atoms. The van der Waals surface area contributed by atoms with Crippen molar-refractivity contribution in [2.75, 3.05) is 6.54 Å². The predicted molar refractivity (Wildman–Crippen MR) is 89.3 cm³/mol. The van der Waals surface area contributed by atoms with Crippen molar-refractivity contribution < 1.29 is 14.6 Å². The summed E-state index contributed by atoms with van der Waals surface area (Å²) in [7, 11) is 0. The number of aliphatic carboxylic acids is 1. The molecule has 0 amide bonds. The average molecular weight is 385 g/mol. The Bertz CT molecular complexity index is 664. The zero-order valence-corrected chi connectivity index (χ0v) is 14.0. The second-order valence-electron chi connectivity index (χ2n) is 4.67.